The van der Waals surface area contributed by atoms with E-state index in [-0.39, 0.29) is 11.9 Å². The summed E-state index contributed by atoms with van der Waals surface area (Å²) in [5.74, 6) is -0.215. The average Bonchev–Trinajstić information content (AvgIpc) is 2.44. The Kier molecular flexibility index (Phi) is 4.85. The fourth-order valence-electron chi connectivity index (χ4n) is 2.33. The van der Waals surface area contributed by atoms with Crippen LogP contribution < -0.4 is 5.32 Å². The van der Waals surface area contributed by atoms with Gasteiger partial charge in [0.15, 0.2) is 0 Å². The van der Waals surface area contributed by atoms with Crippen molar-refractivity contribution in [3.8, 4) is 11.1 Å². The molecule has 20 heavy (non-hydrogen) atoms. The van der Waals surface area contributed by atoms with Crippen LogP contribution in [-0.2, 0) is 0 Å². The molecule has 0 aliphatic rings. The Balaban J connectivity index is 2.43. The van der Waals surface area contributed by atoms with Crippen LogP contribution in [0.15, 0.2) is 36.7 Å². The molecule has 2 rings (SSSR count). The summed E-state index contributed by atoms with van der Waals surface area (Å²) < 4.78 is 13.6. The van der Waals surface area contributed by atoms with E-state index in [1.54, 1.807) is 18.5 Å². The van der Waals surface area contributed by atoms with E-state index in [0.717, 1.165) is 35.2 Å². The maximum absolute atomic E-state index is 13.6. The van der Waals surface area contributed by atoms with Gasteiger partial charge in [0.05, 0.1) is 0 Å². The van der Waals surface area contributed by atoms with E-state index in [2.05, 4.69) is 24.1 Å². The van der Waals surface area contributed by atoms with Crippen molar-refractivity contribution in [1.29, 1.82) is 0 Å². The van der Waals surface area contributed by atoms with Gasteiger partial charge in [-0.05, 0) is 61.7 Å². The number of nitrogens with one attached hydrogen (secondary N) is 1. The van der Waals surface area contributed by atoms with Gasteiger partial charge in [0, 0.05) is 24.0 Å². The predicted molar refractivity (Wildman–Crippen MR) is 81.1 cm³/mol. The van der Waals surface area contributed by atoms with Crippen molar-refractivity contribution in [3.63, 3.8) is 0 Å². The number of halogens is 1. The summed E-state index contributed by atoms with van der Waals surface area (Å²) in [5, 5.41) is 3.45. The zero-order chi connectivity index (χ0) is 14.5. The van der Waals surface area contributed by atoms with Gasteiger partial charge in [-0.15, -0.1) is 0 Å². The molecule has 1 aromatic heterocycles. The van der Waals surface area contributed by atoms with Crippen molar-refractivity contribution in [2.45, 2.75) is 33.2 Å². The Bertz CT molecular complexity index is 581. The fraction of sp³-hybridized carbons (Fsp3) is 0.353. The zero-order valence-corrected chi connectivity index (χ0v) is 12.3. The summed E-state index contributed by atoms with van der Waals surface area (Å²) in [5.41, 5.74) is 4.06. The van der Waals surface area contributed by atoms with Gasteiger partial charge in [0.2, 0.25) is 0 Å². The minimum absolute atomic E-state index is 0.186. The van der Waals surface area contributed by atoms with Gasteiger partial charge in [-0.1, -0.05) is 13.0 Å². The van der Waals surface area contributed by atoms with E-state index >= 15 is 0 Å². The molecule has 0 saturated heterocycles. The van der Waals surface area contributed by atoms with Gasteiger partial charge in [-0.3, -0.25) is 4.98 Å². The molecule has 2 aromatic rings. The smallest absolute Gasteiger partial charge is 0.123 e. The lowest BCUT2D eigenvalue weighted by molar-refractivity contribution is 0.569. The number of aromatic nitrogens is 1. The molecule has 0 amide bonds. The van der Waals surface area contributed by atoms with Crippen LogP contribution in [0.2, 0.25) is 0 Å². The quantitative estimate of drug-likeness (QED) is 0.879. The molecule has 0 aliphatic heterocycles. The van der Waals surface area contributed by atoms with E-state index < -0.39 is 0 Å². The van der Waals surface area contributed by atoms with Crippen molar-refractivity contribution in [2.75, 3.05) is 6.54 Å². The van der Waals surface area contributed by atoms with Gasteiger partial charge in [-0.2, -0.15) is 0 Å². The molecule has 0 radical (unpaired) electrons. The molecular formula is C17H21FN2. The maximum atomic E-state index is 13.6. The summed E-state index contributed by atoms with van der Waals surface area (Å²) in [7, 11) is 0. The molecule has 1 aromatic carbocycles. The van der Waals surface area contributed by atoms with Crippen LogP contribution in [0.5, 0.6) is 0 Å². The van der Waals surface area contributed by atoms with E-state index in [0.29, 0.717) is 0 Å². The topological polar surface area (TPSA) is 24.9 Å². The van der Waals surface area contributed by atoms with Crippen molar-refractivity contribution in [2.24, 2.45) is 0 Å². The Morgan fingerprint density at radius 2 is 2.05 bits per heavy atom. The third-order valence-corrected chi connectivity index (χ3v) is 3.37. The van der Waals surface area contributed by atoms with Crippen LogP contribution in [0.3, 0.4) is 0 Å². The zero-order valence-electron chi connectivity index (χ0n) is 12.3. The third-order valence-electron chi connectivity index (χ3n) is 3.37. The first kappa shape index (κ1) is 14.7. The highest BCUT2D eigenvalue weighted by molar-refractivity contribution is 5.67. The molecule has 0 fully saturated rings. The Labute approximate surface area is 120 Å². The van der Waals surface area contributed by atoms with Crippen molar-refractivity contribution < 1.29 is 4.39 Å². The van der Waals surface area contributed by atoms with Crippen LogP contribution >= 0.6 is 0 Å². The summed E-state index contributed by atoms with van der Waals surface area (Å²) in [6.07, 6.45) is 4.67. The van der Waals surface area contributed by atoms with E-state index in [1.807, 2.05) is 19.1 Å². The van der Waals surface area contributed by atoms with Gasteiger partial charge < -0.3 is 5.32 Å². The summed E-state index contributed by atoms with van der Waals surface area (Å²) in [6, 6.07) is 7.20. The number of aryl methyl sites for hydroxylation is 1. The number of nitrogens with zero attached hydrogens (tertiary/aromatic N) is 1. The van der Waals surface area contributed by atoms with E-state index in [9.17, 15) is 4.39 Å². The lowest BCUT2D eigenvalue weighted by Crippen LogP contribution is -2.20. The second kappa shape index (κ2) is 6.62. The SMILES string of the molecule is CCCNC(C)c1ccc(F)cc1-c1cncc(C)c1. The monoisotopic (exact) mass is 272 g/mol. The number of hydrogen-bond acceptors (Lipinski definition) is 2. The highest BCUT2D eigenvalue weighted by atomic mass is 19.1. The van der Waals surface area contributed by atoms with Crippen LogP contribution in [-0.4, -0.2) is 11.5 Å². The first-order valence-electron chi connectivity index (χ1n) is 7.06. The minimum Gasteiger partial charge on any atom is -0.310 e. The Morgan fingerprint density at radius 1 is 1.25 bits per heavy atom. The van der Waals surface area contributed by atoms with E-state index in [1.165, 1.54) is 6.07 Å². The maximum Gasteiger partial charge on any atom is 0.123 e. The second-order valence-corrected chi connectivity index (χ2v) is 5.16. The standard InChI is InChI=1S/C17H21FN2/c1-4-7-20-13(3)16-6-5-15(18)9-17(16)14-8-12(2)10-19-11-14/h5-6,8-11,13,20H,4,7H2,1-3H3. The molecule has 106 valence electrons. The molecular weight excluding hydrogens is 251 g/mol. The predicted octanol–water partition coefficient (Wildman–Crippen LogP) is 4.26. The van der Waals surface area contributed by atoms with Gasteiger partial charge in [0.25, 0.3) is 0 Å². The first-order valence-corrected chi connectivity index (χ1v) is 7.06. The fourth-order valence-corrected chi connectivity index (χ4v) is 2.33. The van der Waals surface area contributed by atoms with Crippen molar-refractivity contribution in [3.05, 3.63) is 53.6 Å². The molecule has 2 nitrogen and oxygen atoms in total. The largest absolute Gasteiger partial charge is 0.310 e. The molecule has 1 atom stereocenters. The molecule has 1 N–H and O–H groups in total. The lowest BCUT2D eigenvalue weighted by atomic mass is 9.95. The third kappa shape index (κ3) is 3.42. The summed E-state index contributed by atoms with van der Waals surface area (Å²) >= 11 is 0. The highest BCUT2D eigenvalue weighted by Gasteiger charge is 2.13. The molecule has 0 aliphatic carbocycles. The lowest BCUT2D eigenvalue weighted by Gasteiger charge is -2.18. The van der Waals surface area contributed by atoms with Crippen molar-refractivity contribution >= 4 is 0 Å². The van der Waals surface area contributed by atoms with Crippen LogP contribution in [0, 0.1) is 12.7 Å². The molecule has 0 bridgehead atoms. The minimum atomic E-state index is -0.215. The highest BCUT2D eigenvalue weighted by Crippen LogP contribution is 2.29. The van der Waals surface area contributed by atoms with Gasteiger partial charge >= 0.3 is 0 Å². The van der Waals surface area contributed by atoms with Crippen LogP contribution in [0.25, 0.3) is 11.1 Å². The number of hydrogen-bond donors (Lipinski definition) is 1. The number of pyridine rings is 1. The van der Waals surface area contributed by atoms with Gasteiger partial charge in [0.1, 0.15) is 5.82 Å². The normalized spacial score (nSPS) is 12.4. The summed E-state index contributed by atoms with van der Waals surface area (Å²) in [4.78, 5) is 4.21. The average molecular weight is 272 g/mol. The molecule has 0 spiro atoms. The first-order chi connectivity index (χ1) is 9.61. The van der Waals surface area contributed by atoms with Gasteiger partial charge in [-0.25, -0.2) is 4.39 Å². The van der Waals surface area contributed by atoms with Crippen LogP contribution in [0.4, 0.5) is 4.39 Å². The molecule has 1 unspecified atom stereocenters. The second-order valence-electron chi connectivity index (χ2n) is 5.16. The molecule has 3 heteroatoms. The summed E-state index contributed by atoms with van der Waals surface area (Å²) in [6.45, 7) is 7.18. The Hall–Kier alpha value is -1.74. The number of rotatable bonds is 5. The van der Waals surface area contributed by atoms with E-state index in [4.69, 9.17) is 0 Å². The molecule has 1 heterocycles. The number of benzene rings is 1. The Morgan fingerprint density at radius 3 is 2.75 bits per heavy atom. The van der Waals surface area contributed by atoms with Crippen molar-refractivity contribution in [1.82, 2.24) is 10.3 Å². The van der Waals surface area contributed by atoms with Crippen LogP contribution in [0.1, 0.15) is 37.4 Å². The molecule has 0 saturated carbocycles.